The average Bonchev–Trinajstić information content (AvgIpc) is 2.43. The number of hydrogen-bond acceptors (Lipinski definition) is 3. The lowest BCUT2D eigenvalue weighted by atomic mass is 10.1. The molecule has 0 aliphatic carbocycles. The fourth-order valence-electron chi connectivity index (χ4n) is 1.56. The first-order chi connectivity index (χ1) is 7.24. The van der Waals surface area contributed by atoms with Gasteiger partial charge in [0, 0.05) is 12.2 Å². The quantitative estimate of drug-likeness (QED) is 0.704. The van der Waals surface area contributed by atoms with Crippen LogP contribution in [0.5, 0.6) is 0 Å². The minimum atomic E-state index is 0.496. The molecule has 0 amide bonds. The van der Waals surface area contributed by atoms with Gasteiger partial charge >= 0.3 is 0 Å². The van der Waals surface area contributed by atoms with Crippen molar-refractivity contribution in [1.29, 1.82) is 0 Å². The Bertz CT molecular complexity index is 266. The van der Waals surface area contributed by atoms with E-state index >= 15 is 0 Å². The van der Waals surface area contributed by atoms with E-state index in [0.717, 1.165) is 0 Å². The monoisotopic (exact) mass is 207 g/mol. The van der Waals surface area contributed by atoms with Crippen LogP contribution in [-0.2, 0) is 0 Å². The van der Waals surface area contributed by atoms with Crippen molar-refractivity contribution in [2.75, 3.05) is 0 Å². The number of nitrogens with zero attached hydrogens (tertiary/aromatic N) is 2. The highest BCUT2D eigenvalue weighted by Gasteiger charge is 2.08. The van der Waals surface area contributed by atoms with Gasteiger partial charge in [-0.3, -0.25) is 0 Å². The second kappa shape index (κ2) is 6.27. The highest BCUT2D eigenvalue weighted by Crippen LogP contribution is 2.10. The molecule has 0 bridgehead atoms. The summed E-state index contributed by atoms with van der Waals surface area (Å²) >= 11 is 0. The first-order valence-corrected chi connectivity index (χ1v) is 5.69. The van der Waals surface area contributed by atoms with Crippen LogP contribution in [0.4, 0.5) is 0 Å². The Kier molecular flexibility index (Phi) is 4.95. The zero-order chi connectivity index (χ0) is 11.1. The molecule has 0 spiro atoms. The van der Waals surface area contributed by atoms with Crippen molar-refractivity contribution in [2.45, 2.75) is 45.6 Å². The Labute approximate surface area is 92.4 Å². The summed E-state index contributed by atoms with van der Waals surface area (Å²) in [7, 11) is 0. The predicted octanol–water partition coefficient (Wildman–Crippen LogP) is 2.61. The maximum absolute atomic E-state index is 5.60. The van der Waals surface area contributed by atoms with Crippen molar-refractivity contribution >= 4 is 6.34 Å². The van der Waals surface area contributed by atoms with Crippen LogP contribution < -0.4 is 5.73 Å². The number of hydrogen-bond donors (Lipinski definition) is 1. The van der Waals surface area contributed by atoms with Gasteiger partial charge in [0.05, 0.1) is 6.34 Å². The van der Waals surface area contributed by atoms with Crippen LogP contribution in [0, 0.1) is 0 Å². The zero-order valence-electron chi connectivity index (χ0n) is 9.69. The Morgan fingerprint density at radius 1 is 1.47 bits per heavy atom. The van der Waals surface area contributed by atoms with Crippen LogP contribution in [0.25, 0.3) is 0 Å². The first kappa shape index (κ1) is 11.8. The van der Waals surface area contributed by atoms with Crippen molar-refractivity contribution < 1.29 is 0 Å². The number of aliphatic imine (C=N–C) groups is 1. The fourth-order valence-corrected chi connectivity index (χ4v) is 1.56. The maximum Gasteiger partial charge on any atom is 0.125 e. The number of nitrogens with two attached hydrogens (primary N) is 1. The molecule has 3 nitrogen and oxygen atoms in total. The molecule has 1 unspecified atom stereocenters. The summed E-state index contributed by atoms with van der Waals surface area (Å²) in [6, 6.07) is 0.496. The van der Waals surface area contributed by atoms with Crippen LogP contribution in [0.15, 0.2) is 29.2 Å². The predicted molar refractivity (Wildman–Crippen MR) is 65.3 cm³/mol. The number of allylic oxidation sites excluding steroid dienone is 2. The van der Waals surface area contributed by atoms with E-state index < -0.39 is 0 Å². The molecule has 0 radical (unpaired) electrons. The third kappa shape index (κ3) is 4.19. The lowest BCUT2D eigenvalue weighted by Gasteiger charge is -2.22. The third-order valence-electron chi connectivity index (χ3n) is 2.60. The molecular weight excluding hydrogens is 186 g/mol. The molecule has 1 aliphatic rings. The molecule has 3 heteroatoms. The van der Waals surface area contributed by atoms with E-state index in [4.69, 9.17) is 5.73 Å². The Morgan fingerprint density at radius 2 is 2.27 bits per heavy atom. The van der Waals surface area contributed by atoms with Gasteiger partial charge in [0.15, 0.2) is 0 Å². The molecule has 0 saturated heterocycles. The van der Waals surface area contributed by atoms with Crippen LogP contribution in [0.3, 0.4) is 0 Å². The normalized spacial score (nSPS) is 17.5. The summed E-state index contributed by atoms with van der Waals surface area (Å²) < 4.78 is 0. The van der Waals surface area contributed by atoms with Crippen LogP contribution in [0.1, 0.15) is 39.5 Å². The molecule has 0 fully saturated rings. The summed E-state index contributed by atoms with van der Waals surface area (Å²) in [6.45, 7) is 4.44. The molecule has 15 heavy (non-hydrogen) atoms. The van der Waals surface area contributed by atoms with E-state index in [2.05, 4.69) is 23.7 Å². The van der Waals surface area contributed by atoms with E-state index in [1.807, 2.05) is 24.7 Å². The molecule has 0 aromatic heterocycles. The summed E-state index contributed by atoms with van der Waals surface area (Å²) in [5.74, 6) is 0.564. The summed E-state index contributed by atoms with van der Waals surface area (Å²) in [5.41, 5.74) is 5.60. The molecule has 2 N–H and O–H groups in total. The Balaban J connectivity index is 2.40. The third-order valence-corrected chi connectivity index (χ3v) is 2.60. The topological polar surface area (TPSA) is 41.6 Å². The van der Waals surface area contributed by atoms with Crippen molar-refractivity contribution in [2.24, 2.45) is 10.7 Å². The molecule has 1 heterocycles. The molecule has 1 atom stereocenters. The van der Waals surface area contributed by atoms with E-state index in [1.165, 1.54) is 25.7 Å². The maximum atomic E-state index is 5.60. The smallest absolute Gasteiger partial charge is 0.125 e. The van der Waals surface area contributed by atoms with Gasteiger partial charge in [0.1, 0.15) is 5.82 Å². The van der Waals surface area contributed by atoms with E-state index in [-0.39, 0.29) is 0 Å². The van der Waals surface area contributed by atoms with Crippen LogP contribution in [-0.4, -0.2) is 17.3 Å². The van der Waals surface area contributed by atoms with Crippen LogP contribution >= 0.6 is 0 Å². The standard InChI is InChI=1S/C12H21N3/c1-3-4-5-7-11(2)15-9-6-8-12(13)14-10-15/h6,8-11H,3-5,7,13H2,1-2H3. The molecule has 0 saturated carbocycles. The minimum absolute atomic E-state index is 0.496. The zero-order valence-corrected chi connectivity index (χ0v) is 9.69. The summed E-state index contributed by atoms with van der Waals surface area (Å²) in [5, 5.41) is 0. The molecule has 84 valence electrons. The molecule has 0 aromatic rings. The summed E-state index contributed by atoms with van der Waals surface area (Å²) in [6.07, 6.45) is 12.6. The van der Waals surface area contributed by atoms with Crippen molar-refractivity contribution in [1.82, 2.24) is 4.90 Å². The van der Waals surface area contributed by atoms with Gasteiger partial charge in [-0.15, -0.1) is 0 Å². The van der Waals surface area contributed by atoms with Gasteiger partial charge in [0.25, 0.3) is 0 Å². The van der Waals surface area contributed by atoms with Crippen molar-refractivity contribution in [3.05, 3.63) is 24.2 Å². The molecular formula is C12H21N3. The Morgan fingerprint density at radius 3 is 3.00 bits per heavy atom. The van der Waals surface area contributed by atoms with Crippen LogP contribution in [0.2, 0.25) is 0 Å². The first-order valence-electron chi connectivity index (χ1n) is 5.69. The van der Waals surface area contributed by atoms with Gasteiger partial charge in [-0.25, -0.2) is 4.99 Å². The van der Waals surface area contributed by atoms with Gasteiger partial charge < -0.3 is 10.6 Å². The average molecular weight is 207 g/mol. The second-order valence-corrected chi connectivity index (χ2v) is 3.97. The fraction of sp³-hybridized carbons (Fsp3) is 0.583. The SMILES string of the molecule is CCCCCC(C)N1C=CC=C(N)N=C1. The van der Waals surface area contributed by atoms with Gasteiger partial charge in [-0.05, 0) is 25.5 Å². The summed E-state index contributed by atoms with van der Waals surface area (Å²) in [4.78, 5) is 6.25. The van der Waals surface area contributed by atoms with E-state index in [0.29, 0.717) is 11.9 Å². The molecule has 1 aliphatic heterocycles. The van der Waals surface area contributed by atoms with Gasteiger partial charge in [0.2, 0.25) is 0 Å². The lowest BCUT2D eigenvalue weighted by Crippen LogP contribution is -2.26. The van der Waals surface area contributed by atoms with Gasteiger partial charge in [-0.2, -0.15) is 0 Å². The van der Waals surface area contributed by atoms with Gasteiger partial charge in [-0.1, -0.05) is 26.2 Å². The van der Waals surface area contributed by atoms with E-state index in [9.17, 15) is 0 Å². The number of unbranched alkanes of at least 4 members (excludes halogenated alkanes) is 2. The minimum Gasteiger partial charge on any atom is -0.384 e. The van der Waals surface area contributed by atoms with Crippen molar-refractivity contribution in [3.63, 3.8) is 0 Å². The van der Waals surface area contributed by atoms with Crippen molar-refractivity contribution in [3.8, 4) is 0 Å². The molecule has 0 aromatic carbocycles. The largest absolute Gasteiger partial charge is 0.384 e. The van der Waals surface area contributed by atoms with E-state index in [1.54, 1.807) is 0 Å². The molecule has 1 rings (SSSR count). The second-order valence-electron chi connectivity index (χ2n) is 3.97. The highest BCUT2D eigenvalue weighted by molar-refractivity contribution is 5.59. The lowest BCUT2D eigenvalue weighted by molar-refractivity contribution is 0.398. The Hall–Kier alpha value is -1.25. The highest BCUT2D eigenvalue weighted by atomic mass is 15.2. The number of rotatable bonds is 5.